The van der Waals surface area contributed by atoms with Gasteiger partial charge in [0.05, 0.1) is 5.56 Å². The van der Waals surface area contributed by atoms with Crippen molar-refractivity contribution in [1.29, 1.82) is 0 Å². The highest BCUT2D eigenvalue weighted by Crippen LogP contribution is 2.39. The molecule has 1 amide bonds. The van der Waals surface area contributed by atoms with Crippen molar-refractivity contribution in [2.45, 2.75) is 18.6 Å². The number of amides is 1. The SMILES string of the molecule is O=C(c1c(-n2cccc2)sc2c1CCSC2)N1CCC(CO)C1. The Labute approximate surface area is 144 Å². The van der Waals surface area contributed by atoms with E-state index < -0.39 is 0 Å². The lowest BCUT2D eigenvalue weighted by molar-refractivity contribution is 0.0781. The number of thiophene rings is 1. The van der Waals surface area contributed by atoms with E-state index in [0.29, 0.717) is 6.54 Å². The molecule has 0 aliphatic carbocycles. The smallest absolute Gasteiger partial charge is 0.257 e. The van der Waals surface area contributed by atoms with Gasteiger partial charge >= 0.3 is 0 Å². The number of aromatic nitrogens is 1. The van der Waals surface area contributed by atoms with Gasteiger partial charge in [-0.1, -0.05) is 0 Å². The Kier molecular flexibility index (Phi) is 4.22. The number of nitrogens with zero attached hydrogens (tertiary/aromatic N) is 2. The lowest BCUT2D eigenvalue weighted by Gasteiger charge is -2.19. The normalized spacial score (nSPS) is 20.7. The molecule has 122 valence electrons. The molecule has 6 heteroatoms. The Bertz CT molecular complexity index is 709. The molecule has 1 unspecified atom stereocenters. The van der Waals surface area contributed by atoms with Crippen molar-refractivity contribution in [3.63, 3.8) is 0 Å². The van der Waals surface area contributed by atoms with Crippen molar-refractivity contribution in [3.05, 3.63) is 40.5 Å². The van der Waals surface area contributed by atoms with E-state index in [-0.39, 0.29) is 18.4 Å². The summed E-state index contributed by atoms with van der Waals surface area (Å²) in [5.41, 5.74) is 2.16. The van der Waals surface area contributed by atoms with Crippen LogP contribution in [0.1, 0.15) is 27.2 Å². The maximum atomic E-state index is 13.2. The highest BCUT2D eigenvalue weighted by atomic mass is 32.2. The first-order valence-corrected chi connectivity index (χ1v) is 10.0. The molecule has 1 N–H and O–H groups in total. The third-order valence-electron chi connectivity index (χ3n) is 4.69. The monoisotopic (exact) mass is 348 g/mol. The number of aliphatic hydroxyl groups is 1. The molecule has 0 aromatic carbocycles. The van der Waals surface area contributed by atoms with Crippen LogP contribution in [0.3, 0.4) is 0 Å². The van der Waals surface area contributed by atoms with E-state index in [1.54, 1.807) is 11.3 Å². The average Bonchev–Trinajstić information content (AvgIpc) is 3.31. The molecule has 4 heterocycles. The molecule has 1 fully saturated rings. The highest BCUT2D eigenvalue weighted by molar-refractivity contribution is 7.98. The molecule has 4 nitrogen and oxygen atoms in total. The second kappa shape index (κ2) is 6.34. The van der Waals surface area contributed by atoms with Crippen LogP contribution in [0.15, 0.2) is 24.5 Å². The standard InChI is InChI=1S/C17H20N2O2S2/c20-10-12-3-7-19(9-12)16(21)15-13-4-8-22-11-14(13)23-17(15)18-5-1-2-6-18/h1-2,5-6,12,20H,3-4,7-11H2. The van der Waals surface area contributed by atoms with Crippen molar-refractivity contribution in [2.24, 2.45) is 5.92 Å². The van der Waals surface area contributed by atoms with E-state index in [1.165, 1.54) is 10.4 Å². The molecule has 2 aliphatic rings. The van der Waals surface area contributed by atoms with Crippen LogP contribution in [-0.4, -0.2) is 45.9 Å². The lowest BCUT2D eigenvalue weighted by Crippen LogP contribution is -2.30. The first kappa shape index (κ1) is 15.3. The van der Waals surface area contributed by atoms with Gasteiger partial charge in [-0.05, 0) is 36.3 Å². The van der Waals surface area contributed by atoms with Crippen molar-refractivity contribution < 1.29 is 9.90 Å². The van der Waals surface area contributed by atoms with Crippen LogP contribution in [0.2, 0.25) is 0 Å². The van der Waals surface area contributed by atoms with E-state index in [1.807, 2.05) is 41.2 Å². The maximum Gasteiger partial charge on any atom is 0.257 e. The molecule has 1 atom stereocenters. The van der Waals surface area contributed by atoms with Gasteiger partial charge in [0, 0.05) is 48.6 Å². The summed E-state index contributed by atoms with van der Waals surface area (Å²) in [6.45, 7) is 1.61. The Balaban J connectivity index is 1.74. The summed E-state index contributed by atoms with van der Waals surface area (Å²) in [4.78, 5) is 16.5. The van der Waals surface area contributed by atoms with Gasteiger partial charge < -0.3 is 14.6 Å². The van der Waals surface area contributed by atoms with Gasteiger partial charge in [0.25, 0.3) is 5.91 Å². The maximum absolute atomic E-state index is 13.2. The molecule has 2 aliphatic heterocycles. The van der Waals surface area contributed by atoms with Crippen molar-refractivity contribution in [2.75, 3.05) is 25.4 Å². The van der Waals surface area contributed by atoms with Gasteiger partial charge in [-0.15, -0.1) is 11.3 Å². The molecule has 23 heavy (non-hydrogen) atoms. The van der Waals surface area contributed by atoms with E-state index in [2.05, 4.69) is 4.57 Å². The second-order valence-corrected chi connectivity index (χ2v) is 8.35. The molecular formula is C17H20N2O2S2. The average molecular weight is 348 g/mol. The van der Waals surface area contributed by atoms with Gasteiger partial charge in [0.2, 0.25) is 0 Å². The van der Waals surface area contributed by atoms with Crippen LogP contribution in [0.4, 0.5) is 0 Å². The molecule has 2 aromatic rings. The number of fused-ring (bicyclic) bond motifs is 1. The number of carbonyl (C=O) groups excluding carboxylic acids is 1. The molecule has 0 spiro atoms. The van der Waals surface area contributed by atoms with E-state index in [0.717, 1.165) is 41.5 Å². The zero-order valence-electron chi connectivity index (χ0n) is 12.9. The third-order valence-corrected chi connectivity index (χ3v) is 7.10. The zero-order chi connectivity index (χ0) is 15.8. The summed E-state index contributed by atoms with van der Waals surface area (Å²) >= 11 is 3.71. The molecule has 0 radical (unpaired) electrons. The van der Waals surface area contributed by atoms with Crippen LogP contribution in [0.25, 0.3) is 5.00 Å². The molecule has 1 saturated heterocycles. The van der Waals surface area contributed by atoms with Gasteiger partial charge in [-0.2, -0.15) is 11.8 Å². The van der Waals surface area contributed by atoms with Gasteiger partial charge in [-0.3, -0.25) is 4.79 Å². The number of likely N-dealkylation sites (tertiary alicyclic amines) is 1. The fourth-order valence-corrected chi connectivity index (χ4v) is 5.85. The Morgan fingerprint density at radius 3 is 2.91 bits per heavy atom. The third kappa shape index (κ3) is 2.73. The van der Waals surface area contributed by atoms with Gasteiger partial charge in [-0.25, -0.2) is 0 Å². The Morgan fingerprint density at radius 2 is 2.17 bits per heavy atom. The first-order valence-electron chi connectivity index (χ1n) is 8.03. The minimum absolute atomic E-state index is 0.147. The summed E-state index contributed by atoms with van der Waals surface area (Å²) in [5, 5.41) is 10.4. The number of rotatable bonds is 3. The van der Waals surface area contributed by atoms with E-state index in [4.69, 9.17) is 0 Å². The van der Waals surface area contributed by atoms with Gasteiger partial charge in [0.15, 0.2) is 0 Å². The number of hydrogen-bond donors (Lipinski definition) is 1. The summed E-state index contributed by atoms with van der Waals surface area (Å²) in [7, 11) is 0. The van der Waals surface area contributed by atoms with Crippen molar-refractivity contribution in [1.82, 2.24) is 9.47 Å². The second-order valence-electron chi connectivity index (χ2n) is 6.17. The lowest BCUT2D eigenvalue weighted by atomic mass is 10.1. The van der Waals surface area contributed by atoms with Crippen LogP contribution in [0.5, 0.6) is 0 Å². The number of hydrogen-bond acceptors (Lipinski definition) is 4. The van der Waals surface area contributed by atoms with Crippen molar-refractivity contribution in [3.8, 4) is 5.00 Å². The molecule has 4 rings (SSSR count). The molecule has 2 aromatic heterocycles. The van der Waals surface area contributed by atoms with Crippen LogP contribution in [0, 0.1) is 5.92 Å². The predicted molar refractivity (Wildman–Crippen MR) is 94.6 cm³/mol. The largest absolute Gasteiger partial charge is 0.396 e. The fourth-order valence-electron chi connectivity index (χ4n) is 3.41. The molecule has 0 saturated carbocycles. The highest BCUT2D eigenvalue weighted by Gasteiger charge is 2.32. The summed E-state index contributed by atoms with van der Waals surface area (Å²) in [6.07, 6.45) is 5.92. The quantitative estimate of drug-likeness (QED) is 0.928. The molecule has 0 bridgehead atoms. The molecular weight excluding hydrogens is 328 g/mol. The summed E-state index contributed by atoms with van der Waals surface area (Å²) < 4.78 is 2.07. The zero-order valence-corrected chi connectivity index (χ0v) is 14.5. The van der Waals surface area contributed by atoms with E-state index >= 15 is 0 Å². The first-order chi connectivity index (χ1) is 11.3. The minimum Gasteiger partial charge on any atom is -0.396 e. The fraction of sp³-hybridized carbons (Fsp3) is 0.471. The number of carbonyl (C=O) groups is 1. The topological polar surface area (TPSA) is 45.5 Å². The van der Waals surface area contributed by atoms with Crippen molar-refractivity contribution >= 4 is 29.0 Å². The Morgan fingerprint density at radius 1 is 1.35 bits per heavy atom. The van der Waals surface area contributed by atoms with E-state index in [9.17, 15) is 9.90 Å². The van der Waals surface area contributed by atoms with Crippen LogP contribution < -0.4 is 0 Å². The van der Waals surface area contributed by atoms with Crippen LogP contribution in [-0.2, 0) is 12.2 Å². The minimum atomic E-state index is 0.147. The number of thioether (sulfide) groups is 1. The summed E-state index contributed by atoms with van der Waals surface area (Å²) in [6, 6.07) is 4.00. The van der Waals surface area contributed by atoms with Gasteiger partial charge in [0.1, 0.15) is 5.00 Å². The number of aliphatic hydroxyl groups excluding tert-OH is 1. The predicted octanol–water partition coefficient (Wildman–Crippen LogP) is 2.78. The van der Waals surface area contributed by atoms with Crippen LogP contribution >= 0.6 is 23.1 Å². The summed E-state index contributed by atoms with van der Waals surface area (Å²) in [5.74, 6) is 2.49. The Hall–Kier alpha value is -1.24.